The van der Waals surface area contributed by atoms with Crippen molar-refractivity contribution in [2.75, 3.05) is 13.6 Å². The van der Waals surface area contributed by atoms with Crippen LogP contribution < -0.4 is 5.32 Å². The van der Waals surface area contributed by atoms with E-state index in [4.69, 9.17) is 0 Å². The van der Waals surface area contributed by atoms with E-state index in [1.807, 2.05) is 0 Å². The molecular weight excluding hydrogens is 232 g/mol. The molecule has 2 atom stereocenters. The Balaban J connectivity index is 1.80. The Kier molecular flexibility index (Phi) is 5.30. The van der Waals surface area contributed by atoms with Crippen LogP contribution in [0.1, 0.15) is 72.1 Å². The van der Waals surface area contributed by atoms with Crippen LogP contribution in [-0.2, 0) is 0 Å². The normalized spacial score (nSPS) is 30.2. The predicted molar refractivity (Wildman–Crippen MR) is 83.5 cm³/mol. The molecule has 0 amide bonds. The largest absolute Gasteiger partial charge is 0.312 e. The fourth-order valence-electron chi connectivity index (χ4n) is 3.70. The Hall–Kier alpha value is -0.0800. The second-order valence-electron chi connectivity index (χ2n) is 7.85. The second kappa shape index (κ2) is 6.58. The summed E-state index contributed by atoms with van der Waals surface area (Å²) in [7, 11) is 2.39. The third-order valence-electron chi connectivity index (χ3n) is 5.20. The van der Waals surface area contributed by atoms with Gasteiger partial charge in [-0.05, 0) is 66.0 Å². The molecule has 0 aromatic carbocycles. The highest BCUT2D eigenvalue weighted by Gasteiger charge is 2.36. The minimum Gasteiger partial charge on any atom is -0.312 e. The Bertz CT molecular complexity index is 261. The van der Waals surface area contributed by atoms with Gasteiger partial charge in [0.2, 0.25) is 0 Å². The minimum atomic E-state index is 0.265. The smallest absolute Gasteiger partial charge is 0.0136 e. The first-order valence-electron chi connectivity index (χ1n) is 8.44. The Labute approximate surface area is 120 Å². The van der Waals surface area contributed by atoms with Crippen LogP contribution in [0, 0.1) is 5.92 Å². The van der Waals surface area contributed by atoms with Crippen molar-refractivity contribution in [2.45, 2.75) is 89.8 Å². The molecule has 0 aromatic heterocycles. The zero-order chi connectivity index (χ0) is 13.9. The maximum atomic E-state index is 3.70. The van der Waals surface area contributed by atoms with Crippen molar-refractivity contribution in [1.29, 1.82) is 0 Å². The molecule has 0 aliphatic heterocycles. The summed E-state index contributed by atoms with van der Waals surface area (Å²) in [5.74, 6) is 0.882. The van der Waals surface area contributed by atoms with E-state index < -0.39 is 0 Å². The van der Waals surface area contributed by atoms with Crippen LogP contribution in [0.15, 0.2) is 0 Å². The first-order valence-corrected chi connectivity index (χ1v) is 8.44. The van der Waals surface area contributed by atoms with Gasteiger partial charge in [0.15, 0.2) is 0 Å². The first-order chi connectivity index (χ1) is 8.97. The average molecular weight is 266 g/mol. The lowest BCUT2D eigenvalue weighted by Crippen LogP contribution is -2.54. The van der Waals surface area contributed by atoms with E-state index in [1.54, 1.807) is 0 Å². The van der Waals surface area contributed by atoms with E-state index in [0.29, 0.717) is 0 Å². The average Bonchev–Trinajstić information content (AvgIpc) is 2.54. The van der Waals surface area contributed by atoms with Crippen LogP contribution in [0.25, 0.3) is 0 Å². The van der Waals surface area contributed by atoms with Gasteiger partial charge in [0.1, 0.15) is 0 Å². The van der Waals surface area contributed by atoms with Crippen LogP contribution in [0.3, 0.4) is 0 Å². The van der Waals surface area contributed by atoms with Gasteiger partial charge >= 0.3 is 0 Å². The standard InChI is InChI=1S/C17H34N2/c1-17(2,3)18-13-14-11-12-16(14)19(4)15-9-7-5-6-8-10-15/h14-16,18H,5-13H2,1-4H3. The number of hydrogen-bond donors (Lipinski definition) is 1. The van der Waals surface area contributed by atoms with Gasteiger partial charge in [0.05, 0.1) is 0 Å². The molecule has 1 N–H and O–H groups in total. The lowest BCUT2D eigenvalue weighted by atomic mass is 9.77. The predicted octanol–water partition coefficient (Wildman–Crippen LogP) is 3.81. The molecule has 19 heavy (non-hydrogen) atoms. The molecular formula is C17H34N2. The molecule has 2 aliphatic carbocycles. The van der Waals surface area contributed by atoms with Crippen molar-refractivity contribution < 1.29 is 0 Å². The molecule has 2 heteroatoms. The van der Waals surface area contributed by atoms with E-state index in [1.165, 1.54) is 57.9 Å². The van der Waals surface area contributed by atoms with Crippen molar-refractivity contribution in [3.05, 3.63) is 0 Å². The lowest BCUT2D eigenvalue weighted by Gasteiger charge is -2.47. The fraction of sp³-hybridized carbons (Fsp3) is 1.00. The third-order valence-corrected chi connectivity index (χ3v) is 5.20. The van der Waals surface area contributed by atoms with E-state index >= 15 is 0 Å². The summed E-state index contributed by atoms with van der Waals surface area (Å²) in [6.07, 6.45) is 11.5. The van der Waals surface area contributed by atoms with Crippen molar-refractivity contribution in [3.8, 4) is 0 Å². The summed E-state index contributed by atoms with van der Waals surface area (Å²) in [4.78, 5) is 2.74. The van der Waals surface area contributed by atoms with Crippen molar-refractivity contribution in [2.24, 2.45) is 5.92 Å². The van der Waals surface area contributed by atoms with E-state index in [0.717, 1.165) is 18.0 Å². The summed E-state index contributed by atoms with van der Waals surface area (Å²) in [5, 5.41) is 3.70. The number of nitrogens with zero attached hydrogens (tertiary/aromatic N) is 1. The zero-order valence-electron chi connectivity index (χ0n) is 13.5. The maximum Gasteiger partial charge on any atom is 0.0136 e. The fourth-order valence-corrected chi connectivity index (χ4v) is 3.70. The molecule has 2 nitrogen and oxygen atoms in total. The zero-order valence-corrected chi connectivity index (χ0v) is 13.5. The molecule has 112 valence electrons. The molecule has 2 rings (SSSR count). The second-order valence-corrected chi connectivity index (χ2v) is 7.85. The number of rotatable bonds is 4. The summed E-state index contributed by atoms with van der Waals surface area (Å²) in [5.41, 5.74) is 0.265. The highest BCUT2D eigenvalue weighted by molar-refractivity contribution is 4.92. The highest BCUT2D eigenvalue weighted by atomic mass is 15.2. The SMILES string of the molecule is CN(C1CCCCCC1)C1CCC1CNC(C)(C)C. The number of hydrogen-bond acceptors (Lipinski definition) is 2. The van der Waals surface area contributed by atoms with Gasteiger partial charge in [-0.15, -0.1) is 0 Å². The molecule has 2 aliphatic rings. The topological polar surface area (TPSA) is 15.3 Å². The molecule has 0 aromatic rings. The summed E-state index contributed by atoms with van der Waals surface area (Å²) < 4.78 is 0. The molecule has 0 spiro atoms. The van der Waals surface area contributed by atoms with E-state index in [-0.39, 0.29) is 5.54 Å². The Morgan fingerprint density at radius 2 is 1.58 bits per heavy atom. The van der Waals surface area contributed by atoms with Gasteiger partial charge in [0, 0.05) is 17.6 Å². The van der Waals surface area contributed by atoms with Crippen LogP contribution in [-0.4, -0.2) is 36.1 Å². The molecule has 2 saturated carbocycles. The maximum absolute atomic E-state index is 3.70. The quantitative estimate of drug-likeness (QED) is 0.779. The summed E-state index contributed by atoms with van der Waals surface area (Å²) in [6, 6.07) is 1.71. The highest BCUT2D eigenvalue weighted by Crippen LogP contribution is 2.34. The van der Waals surface area contributed by atoms with Gasteiger partial charge in [0.25, 0.3) is 0 Å². The van der Waals surface area contributed by atoms with E-state index in [2.05, 4.69) is 38.0 Å². The van der Waals surface area contributed by atoms with Crippen molar-refractivity contribution in [1.82, 2.24) is 10.2 Å². The van der Waals surface area contributed by atoms with Gasteiger partial charge in [-0.25, -0.2) is 0 Å². The number of nitrogens with one attached hydrogen (secondary N) is 1. The lowest BCUT2D eigenvalue weighted by molar-refractivity contribution is 0.0412. The van der Waals surface area contributed by atoms with Crippen LogP contribution in [0.5, 0.6) is 0 Å². The molecule has 0 bridgehead atoms. The summed E-state index contributed by atoms with van der Waals surface area (Å²) >= 11 is 0. The molecule has 0 saturated heterocycles. The Morgan fingerprint density at radius 1 is 0.947 bits per heavy atom. The third kappa shape index (κ3) is 4.46. The van der Waals surface area contributed by atoms with E-state index in [9.17, 15) is 0 Å². The van der Waals surface area contributed by atoms with Gasteiger partial charge in [-0.2, -0.15) is 0 Å². The Morgan fingerprint density at radius 3 is 2.05 bits per heavy atom. The van der Waals surface area contributed by atoms with Crippen LogP contribution in [0.4, 0.5) is 0 Å². The molecule has 2 fully saturated rings. The molecule has 0 heterocycles. The molecule has 2 unspecified atom stereocenters. The van der Waals surface area contributed by atoms with Gasteiger partial charge in [-0.3, -0.25) is 0 Å². The van der Waals surface area contributed by atoms with Gasteiger partial charge in [-0.1, -0.05) is 25.7 Å². The van der Waals surface area contributed by atoms with Gasteiger partial charge < -0.3 is 10.2 Å². The summed E-state index contributed by atoms with van der Waals surface area (Å²) in [6.45, 7) is 8.02. The van der Waals surface area contributed by atoms with Crippen LogP contribution in [0.2, 0.25) is 0 Å². The molecule has 0 radical (unpaired) electrons. The first kappa shape index (κ1) is 15.3. The minimum absolute atomic E-state index is 0.265. The monoisotopic (exact) mass is 266 g/mol. The van der Waals surface area contributed by atoms with Crippen molar-refractivity contribution in [3.63, 3.8) is 0 Å². The van der Waals surface area contributed by atoms with Crippen LogP contribution >= 0.6 is 0 Å². The van der Waals surface area contributed by atoms with Crippen molar-refractivity contribution >= 4 is 0 Å².